The van der Waals surface area contributed by atoms with Gasteiger partial charge in [-0.1, -0.05) is 25.1 Å². The van der Waals surface area contributed by atoms with Gasteiger partial charge in [0.05, 0.1) is 0 Å². The topological polar surface area (TPSA) is 38.0 Å². The van der Waals surface area contributed by atoms with E-state index in [1.807, 2.05) is 6.07 Å². The van der Waals surface area contributed by atoms with Gasteiger partial charge in [-0.25, -0.2) is 0 Å². The first-order chi connectivity index (χ1) is 8.16. The first-order valence-corrected chi connectivity index (χ1v) is 6.72. The molecule has 0 amide bonds. The molecule has 0 saturated heterocycles. The van der Waals surface area contributed by atoms with Gasteiger partial charge in [-0.05, 0) is 49.4 Å². The second-order valence-electron chi connectivity index (χ2n) is 4.93. The van der Waals surface area contributed by atoms with Crippen LogP contribution in [-0.2, 0) is 0 Å². The summed E-state index contributed by atoms with van der Waals surface area (Å²) >= 11 is 4.97. The highest BCUT2D eigenvalue weighted by molar-refractivity contribution is 7.80. The predicted molar refractivity (Wildman–Crippen MR) is 77.5 cm³/mol. The van der Waals surface area contributed by atoms with Gasteiger partial charge in [0.25, 0.3) is 0 Å². The van der Waals surface area contributed by atoms with Gasteiger partial charge in [0, 0.05) is 17.8 Å². The molecule has 3 N–H and O–H groups in total. The summed E-state index contributed by atoms with van der Waals surface area (Å²) in [7, 11) is 0. The number of thiocarbonyl (C=S) groups is 1. The van der Waals surface area contributed by atoms with Crippen LogP contribution in [0.1, 0.15) is 36.8 Å². The molecule has 1 aromatic rings. The number of nitrogens with two attached hydrogens (primary N) is 1. The molecule has 1 aliphatic carbocycles. The highest BCUT2D eigenvalue weighted by atomic mass is 32.1. The quantitative estimate of drug-likeness (QED) is 0.803. The van der Waals surface area contributed by atoms with Crippen LogP contribution in [0.5, 0.6) is 0 Å². The van der Waals surface area contributed by atoms with E-state index in [-0.39, 0.29) is 0 Å². The Morgan fingerprint density at radius 1 is 1.41 bits per heavy atom. The molecule has 1 saturated carbocycles. The third kappa shape index (κ3) is 3.19. The van der Waals surface area contributed by atoms with Gasteiger partial charge in [-0.3, -0.25) is 0 Å². The summed E-state index contributed by atoms with van der Waals surface area (Å²) in [5.74, 6) is 0.852. The van der Waals surface area contributed by atoms with E-state index in [0.29, 0.717) is 4.99 Å². The zero-order valence-electron chi connectivity index (χ0n) is 10.3. The largest absolute Gasteiger partial charge is 0.389 e. The second-order valence-corrected chi connectivity index (χ2v) is 5.37. The van der Waals surface area contributed by atoms with Crippen molar-refractivity contribution in [2.24, 2.45) is 11.7 Å². The lowest BCUT2D eigenvalue weighted by Crippen LogP contribution is -2.13. The van der Waals surface area contributed by atoms with Crippen LogP contribution in [0.2, 0.25) is 0 Å². The number of aryl methyl sites for hydroxylation is 1. The van der Waals surface area contributed by atoms with Gasteiger partial charge < -0.3 is 11.1 Å². The van der Waals surface area contributed by atoms with E-state index in [1.165, 1.54) is 36.9 Å². The molecule has 3 heteroatoms. The molecule has 1 aromatic carbocycles. The van der Waals surface area contributed by atoms with Crippen molar-refractivity contribution in [3.05, 3.63) is 29.3 Å². The summed E-state index contributed by atoms with van der Waals surface area (Å²) in [6.07, 6.45) is 5.53. The first-order valence-electron chi connectivity index (χ1n) is 6.31. The monoisotopic (exact) mass is 248 g/mol. The molecule has 0 radical (unpaired) electrons. The number of benzene rings is 1. The van der Waals surface area contributed by atoms with Crippen molar-refractivity contribution in [3.8, 4) is 0 Å². The molecule has 0 heterocycles. The number of anilines is 1. The molecule has 0 aromatic heterocycles. The van der Waals surface area contributed by atoms with Crippen LogP contribution in [-0.4, -0.2) is 11.5 Å². The van der Waals surface area contributed by atoms with Crippen LogP contribution in [0, 0.1) is 12.8 Å². The Labute approximate surface area is 109 Å². The summed E-state index contributed by atoms with van der Waals surface area (Å²) in [5, 5.41) is 3.54. The summed E-state index contributed by atoms with van der Waals surface area (Å²) in [6.45, 7) is 3.19. The van der Waals surface area contributed by atoms with Crippen molar-refractivity contribution >= 4 is 22.9 Å². The lowest BCUT2D eigenvalue weighted by molar-refractivity contribution is 0.580. The molecule has 0 bridgehead atoms. The normalized spacial score (nSPS) is 16.1. The molecular weight excluding hydrogens is 228 g/mol. The fraction of sp³-hybridized carbons (Fsp3) is 0.500. The van der Waals surface area contributed by atoms with Gasteiger partial charge in [0.1, 0.15) is 4.99 Å². The Bertz CT molecular complexity index is 409. The number of hydrogen-bond acceptors (Lipinski definition) is 2. The molecule has 2 rings (SSSR count). The molecule has 0 aliphatic heterocycles. The summed E-state index contributed by atoms with van der Waals surface area (Å²) in [6, 6.07) is 6.13. The Kier molecular flexibility index (Phi) is 4.00. The van der Waals surface area contributed by atoms with Crippen molar-refractivity contribution < 1.29 is 0 Å². The van der Waals surface area contributed by atoms with E-state index < -0.39 is 0 Å². The minimum absolute atomic E-state index is 0.468. The number of hydrogen-bond donors (Lipinski definition) is 2. The van der Waals surface area contributed by atoms with Crippen LogP contribution in [0.25, 0.3) is 0 Å². The maximum atomic E-state index is 5.62. The average Bonchev–Trinajstić information content (AvgIpc) is 2.80. The van der Waals surface area contributed by atoms with Gasteiger partial charge >= 0.3 is 0 Å². The second kappa shape index (κ2) is 5.50. The number of rotatable bonds is 4. The predicted octanol–water partition coefficient (Wildman–Crippen LogP) is 3.23. The maximum Gasteiger partial charge on any atom is 0.103 e. The fourth-order valence-corrected chi connectivity index (χ4v) is 2.61. The lowest BCUT2D eigenvalue weighted by Gasteiger charge is -2.14. The minimum Gasteiger partial charge on any atom is -0.389 e. The molecular formula is C14H20N2S. The molecule has 0 unspecified atom stereocenters. The molecule has 2 nitrogen and oxygen atoms in total. The van der Waals surface area contributed by atoms with E-state index >= 15 is 0 Å². The standard InChI is InChI=1S/C14H20N2S/c1-10-8-12(14(15)17)6-7-13(10)16-9-11-4-2-3-5-11/h6-8,11,16H,2-5,9H2,1H3,(H2,15,17). The van der Waals surface area contributed by atoms with Gasteiger partial charge in [0.15, 0.2) is 0 Å². The summed E-state index contributed by atoms with van der Waals surface area (Å²) in [5.41, 5.74) is 8.99. The third-order valence-corrected chi connectivity index (χ3v) is 3.80. The molecule has 0 atom stereocenters. The van der Waals surface area contributed by atoms with Crippen LogP contribution >= 0.6 is 12.2 Å². The van der Waals surface area contributed by atoms with Crippen molar-refractivity contribution in [1.29, 1.82) is 0 Å². The Balaban J connectivity index is 1.98. The molecule has 92 valence electrons. The van der Waals surface area contributed by atoms with Crippen LogP contribution in [0.4, 0.5) is 5.69 Å². The van der Waals surface area contributed by atoms with Crippen molar-refractivity contribution in [2.45, 2.75) is 32.6 Å². The molecule has 1 fully saturated rings. The van der Waals surface area contributed by atoms with E-state index in [2.05, 4.69) is 24.4 Å². The zero-order chi connectivity index (χ0) is 12.3. The van der Waals surface area contributed by atoms with Gasteiger partial charge in [-0.15, -0.1) is 0 Å². The Morgan fingerprint density at radius 2 is 2.12 bits per heavy atom. The Hall–Kier alpha value is -1.09. The maximum absolute atomic E-state index is 5.62. The summed E-state index contributed by atoms with van der Waals surface area (Å²) in [4.78, 5) is 0.468. The Morgan fingerprint density at radius 3 is 2.71 bits per heavy atom. The van der Waals surface area contributed by atoms with Crippen molar-refractivity contribution in [2.75, 3.05) is 11.9 Å². The highest BCUT2D eigenvalue weighted by Gasteiger charge is 2.14. The minimum atomic E-state index is 0.468. The van der Waals surface area contributed by atoms with Crippen molar-refractivity contribution in [3.63, 3.8) is 0 Å². The smallest absolute Gasteiger partial charge is 0.103 e. The van der Waals surface area contributed by atoms with E-state index in [4.69, 9.17) is 18.0 Å². The third-order valence-electron chi connectivity index (χ3n) is 3.57. The average molecular weight is 248 g/mol. The summed E-state index contributed by atoms with van der Waals surface area (Å²) < 4.78 is 0. The molecule has 1 aliphatic rings. The zero-order valence-corrected chi connectivity index (χ0v) is 11.1. The first kappa shape index (κ1) is 12.4. The SMILES string of the molecule is Cc1cc(C(N)=S)ccc1NCC1CCCC1. The molecule has 0 spiro atoms. The van der Waals surface area contributed by atoms with Gasteiger partial charge in [0.2, 0.25) is 0 Å². The van der Waals surface area contributed by atoms with E-state index in [0.717, 1.165) is 18.0 Å². The van der Waals surface area contributed by atoms with Crippen LogP contribution in [0.3, 0.4) is 0 Å². The molecule has 17 heavy (non-hydrogen) atoms. The van der Waals surface area contributed by atoms with E-state index in [1.54, 1.807) is 0 Å². The highest BCUT2D eigenvalue weighted by Crippen LogP contribution is 2.25. The fourth-order valence-electron chi connectivity index (χ4n) is 2.48. The number of nitrogens with one attached hydrogen (secondary N) is 1. The lowest BCUT2D eigenvalue weighted by atomic mass is 10.1. The van der Waals surface area contributed by atoms with Crippen molar-refractivity contribution in [1.82, 2.24) is 0 Å². The van der Waals surface area contributed by atoms with Crippen LogP contribution in [0.15, 0.2) is 18.2 Å². The van der Waals surface area contributed by atoms with Crippen LogP contribution < -0.4 is 11.1 Å². The van der Waals surface area contributed by atoms with Gasteiger partial charge in [-0.2, -0.15) is 0 Å². The van der Waals surface area contributed by atoms with E-state index in [9.17, 15) is 0 Å².